The Morgan fingerprint density at radius 2 is 1.60 bits per heavy atom. The summed E-state index contributed by atoms with van der Waals surface area (Å²) in [6.45, 7) is 7.73. The minimum Gasteiger partial charge on any atom is -0.382 e. The van der Waals surface area contributed by atoms with Gasteiger partial charge in [-0.2, -0.15) is 5.26 Å². The van der Waals surface area contributed by atoms with Gasteiger partial charge in [0.1, 0.15) is 11.9 Å². The lowest BCUT2D eigenvalue weighted by molar-refractivity contribution is 0.0746. The summed E-state index contributed by atoms with van der Waals surface area (Å²) in [6.07, 6.45) is 3.31. The van der Waals surface area contributed by atoms with Gasteiger partial charge in [0.2, 0.25) is 0 Å². The summed E-state index contributed by atoms with van der Waals surface area (Å²) in [7, 11) is -2.75. The van der Waals surface area contributed by atoms with Crippen LogP contribution in [0.2, 0.25) is 0 Å². The van der Waals surface area contributed by atoms with Crippen LogP contribution in [0.5, 0.6) is 0 Å². The molecule has 220 valence electrons. The zero-order valence-corrected chi connectivity index (χ0v) is 25.3. The van der Waals surface area contributed by atoms with Gasteiger partial charge in [-0.25, -0.2) is 4.39 Å². The van der Waals surface area contributed by atoms with E-state index in [1.165, 1.54) is 12.3 Å². The van der Waals surface area contributed by atoms with E-state index in [1.807, 2.05) is 47.1 Å². The second kappa shape index (κ2) is 12.1. The number of carbonyl (C=O) groups is 1. The molecule has 9 heteroatoms. The molecule has 0 bridgehead atoms. The van der Waals surface area contributed by atoms with Crippen molar-refractivity contribution in [3.05, 3.63) is 82.7 Å². The molecule has 0 aliphatic carbocycles. The molecule has 0 saturated carbocycles. The maximum Gasteiger partial charge on any atom is 0.254 e. The fraction of sp³-hybridized carbons (Fsp3) is 0.364. The fourth-order valence-electron chi connectivity index (χ4n) is 6.06. The molecule has 2 aliphatic heterocycles. The molecular formula is C33H38FN5O2S. The number of hydrogen-bond donors (Lipinski definition) is 1. The summed E-state index contributed by atoms with van der Waals surface area (Å²) in [5, 5.41) is 13.2. The van der Waals surface area contributed by atoms with Crippen LogP contribution in [0.15, 0.2) is 59.5 Å². The lowest BCUT2D eigenvalue weighted by Gasteiger charge is -2.37. The van der Waals surface area contributed by atoms with Crippen molar-refractivity contribution >= 4 is 38.4 Å². The molecule has 2 aliphatic rings. The van der Waals surface area contributed by atoms with Crippen LogP contribution in [-0.2, 0) is 9.52 Å². The van der Waals surface area contributed by atoms with Gasteiger partial charge in [-0.05, 0) is 83.5 Å². The van der Waals surface area contributed by atoms with E-state index in [0.29, 0.717) is 43.0 Å². The van der Waals surface area contributed by atoms with Gasteiger partial charge < -0.3 is 20.0 Å². The highest BCUT2D eigenvalue weighted by molar-refractivity contribution is 7.99. The number of amides is 1. The van der Waals surface area contributed by atoms with E-state index in [2.05, 4.69) is 35.1 Å². The quantitative estimate of drug-likeness (QED) is 0.406. The molecule has 42 heavy (non-hydrogen) atoms. The van der Waals surface area contributed by atoms with Gasteiger partial charge in [-0.1, -0.05) is 24.3 Å². The predicted octanol–water partition coefficient (Wildman–Crippen LogP) is 5.06. The van der Waals surface area contributed by atoms with Gasteiger partial charge in [-0.15, -0.1) is 0 Å². The van der Waals surface area contributed by atoms with Gasteiger partial charge in [0.15, 0.2) is 0 Å². The second-order valence-corrected chi connectivity index (χ2v) is 13.8. The third kappa shape index (κ3) is 6.09. The van der Waals surface area contributed by atoms with Crippen molar-refractivity contribution in [2.45, 2.75) is 37.6 Å². The maximum absolute atomic E-state index is 14.6. The fourth-order valence-corrected chi connectivity index (χ4v) is 7.18. The maximum atomic E-state index is 14.6. The van der Waals surface area contributed by atoms with E-state index in [-0.39, 0.29) is 16.8 Å². The Balaban J connectivity index is 1.25. The zero-order chi connectivity index (χ0) is 30.0. The van der Waals surface area contributed by atoms with Crippen molar-refractivity contribution in [3.63, 3.8) is 0 Å². The van der Waals surface area contributed by atoms with Crippen LogP contribution in [0.1, 0.15) is 39.9 Å². The first-order chi connectivity index (χ1) is 20.1. The number of nitrogens with zero attached hydrogens (tertiary/aromatic N) is 4. The molecule has 0 aromatic heterocycles. The van der Waals surface area contributed by atoms with Crippen molar-refractivity contribution in [3.8, 4) is 6.07 Å². The largest absolute Gasteiger partial charge is 0.382 e. The summed E-state index contributed by atoms with van der Waals surface area (Å²) < 4.78 is 27.3. The predicted molar refractivity (Wildman–Crippen MR) is 170 cm³/mol. The number of piperidine rings is 1. The molecule has 1 unspecified atom stereocenters. The van der Waals surface area contributed by atoms with E-state index < -0.39 is 15.3 Å². The minimum atomic E-state index is -2.75. The topological polar surface area (TPSA) is 79.7 Å². The lowest BCUT2D eigenvalue weighted by atomic mass is 9.99. The molecular weight excluding hydrogens is 549 g/mol. The first kappa shape index (κ1) is 29.5. The van der Waals surface area contributed by atoms with Crippen LogP contribution in [0.4, 0.5) is 21.5 Å². The Kier molecular flexibility index (Phi) is 8.46. The monoisotopic (exact) mass is 587 g/mol. The van der Waals surface area contributed by atoms with Crippen molar-refractivity contribution in [1.29, 1.82) is 5.26 Å². The Morgan fingerprint density at radius 1 is 0.952 bits per heavy atom. The number of rotatable bonds is 6. The molecule has 0 spiro atoms. The van der Waals surface area contributed by atoms with Crippen LogP contribution in [0.3, 0.4) is 0 Å². The molecule has 3 aromatic rings. The number of aryl methyl sites for hydroxylation is 2. The smallest absolute Gasteiger partial charge is 0.254 e. The summed E-state index contributed by atoms with van der Waals surface area (Å²) in [4.78, 5) is 19.9. The average molecular weight is 588 g/mol. The number of carbonyl (C=O) groups excluding carboxylic acids is 1. The first-order valence-corrected chi connectivity index (χ1v) is 16.5. The molecule has 0 radical (unpaired) electrons. The second-order valence-electron chi connectivity index (χ2n) is 11.4. The van der Waals surface area contributed by atoms with E-state index >= 15 is 0 Å². The number of hydrogen-bond acceptors (Lipinski definition) is 6. The average Bonchev–Trinajstić information content (AvgIpc) is 2.98. The third-order valence-corrected chi connectivity index (χ3v) is 9.57. The number of anilines is 3. The molecule has 7 nitrogen and oxygen atoms in total. The third-order valence-electron chi connectivity index (χ3n) is 8.31. The molecule has 2 saturated heterocycles. The molecule has 2 fully saturated rings. The normalized spacial score (nSPS) is 17.5. The van der Waals surface area contributed by atoms with Gasteiger partial charge in [0, 0.05) is 62.8 Å². The lowest BCUT2D eigenvalue weighted by Crippen LogP contribution is -2.49. The van der Waals surface area contributed by atoms with Crippen molar-refractivity contribution < 1.29 is 13.4 Å². The summed E-state index contributed by atoms with van der Waals surface area (Å²) in [5.74, 6) is 3.18. The standard InChI is InChI=1S/C33H38FN5O2S/c1-23-20-24(2)29(36-26-12-14-37(15-13-26)30-10-6-5-8-25(30)22-35)21-27(23)33(40)39-18-16-38(17-19-39)31-11-7-9-28(34)32(31)42(3,4)41/h5-11,20-21,26,36H,3,12-19H2,1-2,4H3. The van der Waals surface area contributed by atoms with Crippen LogP contribution in [-0.4, -0.2) is 72.5 Å². The first-order valence-electron chi connectivity index (χ1n) is 14.3. The van der Waals surface area contributed by atoms with Gasteiger partial charge in [-0.3, -0.25) is 9.00 Å². The zero-order valence-electron chi connectivity index (χ0n) is 24.5. The number of para-hydroxylation sites is 1. The Morgan fingerprint density at radius 3 is 2.26 bits per heavy atom. The van der Waals surface area contributed by atoms with Crippen LogP contribution in [0.25, 0.3) is 0 Å². The highest BCUT2D eigenvalue weighted by atomic mass is 32.2. The van der Waals surface area contributed by atoms with Gasteiger partial charge >= 0.3 is 0 Å². The molecule has 1 atom stereocenters. The Labute approximate surface area is 248 Å². The van der Waals surface area contributed by atoms with Crippen molar-refractivity contribution in [1.82, 2.24) is 4.90 Å². The minimum absolute atomic E-state index is 0.0194. The SMILES string of the molecule is C=S(C)(=O)c1c(F)cccc1N1CCN(C(=O)c2cc(NC3CCN(c4ccccc4C#N)CC3)c(C)cc2C)CC1. The van der Waals surface area contributed by atoms with Gasteiger partial charge in [0.05, 0.1) is 21.8 Å². The van der Waals surface area contributed by atoms with Gasteiger partial charge in [0.25, 0.3) is 5.91 Å². The molecule has 1 N–H and O–H groups in total. The van der Waals surface area contributed by atoms with Crippen molar-refractivity contribution in [2.24, 2.45) is 0 Å². The number of nitrogens with one attached hydrogen (secondary N) is 1. The number of halogens is 1. The van der Waals surface area contributed by atoms with E-state index in [9.17, 15) is 18.7 Å². The molecule has 3 aromatic carbocycles. The summed E-state index contributed by atoms with van der Waals surface area (Å²) in [6, 6.07) is 19.1. The van der Waals surface area contributed by atoms with Crippen molar-refractivity contribution in [2.75, 3.05) is 60.6 Å². The van der Waals surface area contributed by atoms with Crippen LogP contribution >= 0.6 is 0 Å². The van der Waals surface area contributed by atoms with E-state index in [4.69, 9.17) is 0 Å². The number of piperazine rings is 1. The molecule has 2 heterocycles. The number of benzene rings is 3. The van der Waals surface area contributed by atoms with Crippen LogP contribution < -0.4 is 15.1 Å². The molecule has 1 amide bonds. The van der Waals surface area contributed by atoms with E-state index in [1.54, 1.807) is 12.1 Å². The highest BCUT2D eigenvalue weighted by Crippen LogP contribution is 2.30. The van der Waals surface area contributed by atoms with E-state index in [0.717, 1.165) is 48.4 Å². The Bertz CT molecular complexity index is 1630. The summed E-state index contributed by atoms with van der Waals surface area (Å²) in [5.41, 5.74) is 5.95. The van der Waals surface area contributed by atoms with Crippen LogP contribution in [0, 0.1) is 31.0 Å². The number of nitriles is 1. The molecule has 5 rings (SSSR count). The highest BCUT2D eigenvalue weighted by Gasteiger charge is 2.27. The summed E-state index contributed by atoms with van der Waals surface area (Å²) >= 11 is 0. The Hall–Kier alpha value is -4.03.